The van der Waals surface area contributed by atoms with Gasteiger partial charge < -0.3 is 4.74 Å². The highest BCUT2D eigenvalue weighted by molar-refractivity contribution is 7.92. The van der Waals surface area contributed by atoms with Gasteiger partial charge in [-0.3, -0.25) is 8.99 Å². The Morgan fingerprint density at radius 3 is 2.70 bits per heavy atom. The fourth-order valence-electron chi connectivity index (χ4n) is 3.11. The molecule has 0 saturated heterocycles. The second-order valence-electron chi connectivity index (χ2n) is 5.74. The van der Waals surface area contributed by atoms with Crippen LogP contribution in [0.2, 0.25) is 0 Å². The molecule has 1 aliphatic rings. The monoisotopic (exact) mass is 335 g/mol. The first kappa shape index (κ1) is 15.9. The number of rotatable bonds is 3. The lowest BCUT2D eigenvalue weighted by atomic mass is 10.1. The Morgan fingerprint density at radius 2 is 2.04 bits per heavy atom. The maximum absolute atomic E-state index is 13.2. The Bertz CT molecular complexity index is 827. The van der Waals surface area contributed by atoms with Gasteiger partial charge in [0.2, 0.25) is 0 Å². The van der Waals surface area contributed by atoms with Gasteiger partial charge in [0, 0.05) is 25.4 Å². The number of anilines is 1. The fourth-order valence-corrected chi connectivity index (χ4v) is 4.84. The summed E-state index contributed by atoms with van der Waals surface area (Å²) in [4.78, 5) is 0.260. The van der Waals surface area contributed by atoms with E-state index in [1.807, 2.05) is 18.2 Å². The molecule has 2 heterocycles. The summed E-state index contributed by atoms with van der Waals surface area (Å²) >= 11 is 0. The van der Waals surface area contributed by atoms with Crippen LogP contribution in [-0.4, -0.2) is 31.9 Å². The van der Waals surface area contributed by atoms with E-state index in [0.29, 0.717) is 17.9 Å². The quantitative estimate of drug-likeness (QED) is 0.863. The molecule has 6 nitrogen and oxygen atoms in total. The van der Waals surface area contributed by atoms with E-state index in [2.05, 4.69) is 5.10 Å². The van der Waals surface area contributed by atoms with Crippen molar-refractivity contribution in [3.8, 4) is 5.75 Å². The number of fused-ring (bicyclic) bond motifs is 1. The molecule has 0 unspecified atom stereocenters. The van der Waals surface area contributed by atoms with Crippen LogP contribution >= 0.6 is 0 Å². The Labute approximate surface area is 136 Å². The van der Waals surface area contributed by atoms with Crippen molar-refractivity contribution in [1.82, 2.24) is 9.78 Å². The van der Waals surface area contributed by atoms with Crippen LogP contribution in [-0.2, 0) is 23.5 Å². The van der Waals surface area contributed by atoms with Gasteiger partial charge in [0.1, 0.15) is 10.6 Å². The van der Waals surface area contributed by atoms with Crippen molar-refractivity contribution in [2.24, 2.45) is 7.05 Å². The van der Waals surface area contributed by atoms with E-state index in [-0.39, 0.29) is 4.90 Å². The minimum Gasteiger partial charge on any atom is -0.496 e. The van der Waals surface area contributed by atoms with Gasteiger partial charge in [-0.1, -0.05) is 6.07 Å². The third-order valence-corrected chi connectivity index (χ3v) is 6.09. The third kappa shape index (κ3) is 2.69. The summed E-state index contributed by atoms with van der Waals surface area (Å²) in [6, 6.07) is 5.57. The molecular weight excluding hydrogens is 314 g/mol. The molecule has 3 rings (SSSR count). The topological polar surface area (TPSA) is 64.4 Å². The molecule has 0 spiro atoms. The second-order valence-corrected chi connectivity index (χ2v) is 7.58. The lowest BCUT2D eigenvalue weighted by molar-refractivity contribution is 0.409. The lowest BCUT2D eigenvalue weighted by Gasteiger charge is -2.25. The predicted molar refractivity (Wildman–Crippen MR) is 88.4 cm³/mol. The average Bonchev–Trinajstić information content (AvgIpc) is 2.74. The number of methoxy groups -OCH3 is 1. The molecule has 0 fully saturated rings. The van der Waals surface area contributed by atoms with E-state index >= 15 is 0 Å². The molecular formula is C16H21N3O3S. The zero-order valence-electron chi connectivity index (χ0n) is 13.6. The van der Waals surface area contributed by atoms with Gasteiger partial charge in [-0.25, -0.2) is 8.42 Å². The summed E-state index contributed by atoms with van der Waals surface area (Å²) in [6.45, 7) is 2.19. The van der Waals surface area contributed by atoms with Gasteiger partial charge >= 0.3 is 0 Å². The molecule has 0 aliphatic carbocycles. The molecule has 0 saturated carbocycles. The minimum absolute atomic E-state index is 0.260. The maximum Gasteiger partial charge on any atom is 0.267 e. The molecule has 0 atom stereocenters. The molecule has 124 valence electrons. The highest BCUT2D eigenvalue weighted by atomic mass is 32.2. The second kappa shape index (κ2) is 5.88. The third-order valence-electron chi connectivity index (χ3n) is 4.17. The first-order valence-electron chi connectivity index (χ1n) is 7.64. The van der Waals surface area contributed by atoms with Gasteiger partial charge in [-0.2, -0.15) is 5.10 Å². The van der Waals surface area contributed by atoms with Crippen molar-refractivity contribution in [1.29, 1.82) is 0 Å². The summed E-state index contributed by atoms with van der Waals surface area (Å²) < 4.78 is 34.8. The van der Waals surface area contributed by atoms with Crippen molar-refractivity contribution in [2.45, 2.75) is 31.1 Å². The van der Waals surface area contributed by atoms with Gasteiger partial charge in [0.15, 0.2) is 0 Å². The van der Waals surface area contributed by atoms with Crippen LogP contribution in [0, 0.1) is 6.92 Å². The Kier molecular flexibility index (Phi) is 4.06. The number of sulfonamides is 1. The number of benzene rings is 1. The first-order valence-corrected chi connectivity index (χ1v) is 9.08. The maximum atomic E-state index is 13.2. The zero-order valence-corrected chi connectivity index (χ0v) is 14.4. The number of hydrogen-bond donors (Lipinski definition) is 0. The lowest BCUT2D eigenvalue weighted by Crippen LogP contribution is -2.32. The highest BCUT2D eigenvalue weighted by Gasteiger charge is 2.31. The number of ether oxygens (including phenoxy) is 1. The molecule has 23 heavy (non-hydrogen) atoms. The van der Waals surface area contributed by atoms with E-state index in [4.69, 9.17) is 4.74 Å². The zero-order chi connectivity index (χ0) is 16.6. The Morgan fingerprint density at radius 1 is 1.26 bits per heavy atom. The first-order chi connectivity index (χ1) is 10.9. The van der Waals surface area contributed by atoms with Crippen molar-refractivity contribution < 1.29 is 13.2 Å². The molecule has 1 aliphatic heterocycles. The van der Waals surface area contributed by atoms with E-state index in [1.54, 1.807) is 27.3 Å². The number of nitrogens with zero attached hydrogens (tertiary/aromatic N) is 3. The van der Waals surface area contributed by atoms with Crippen LogP contribution in [0.1, 0.15) is 24.1 Å². The summed E-state index contributed by atoms with van der Waals surface area (Å²) in [5.41, 5.74) is 2.18. The largest absolute Gasteiger partial charge is 0.496 e. The summed E-state index contributed by atoms with van der Waals surface area (Å²) in [7, 11) is -0.296. The molecule has 1 aromatic carbocycles. The van der Waals surface area contributed by atoms with Crippen molar-refractivity contribution in [3.63, 3.8) is 0 Å². The molecule has 2 aromatic rings. The van der Waals surface area contributed by atoms with E-state index in [1.165, 1.54) is 8.99 Å². The van der Waals surface area contributed by atoms with E-state index in [9.17, 15) is 8.42 Å². The Balaban J connectivity index is 2.15. The van der Waals surface area contributed by atoms with E-state index < -0.39 is 10.0 Å². The van der Waals surface area contributed by atoms with Crippen LogP contribution in [0.4, 0.5) is 5.69 Å². The van der Waals surface area contributed by atoms with Gasteiger partial charge in [0.25, 0.3) is 10.0 Å². The fraction of sp³-hybridized carbons (Fsp3) is 0.438. The number of aryl methyl sites for hydroxylation is 2. The van der Waals surface area contributed by atoms with Crippen molar-refractivity contribution in [3.05, 3.63) is 35.7 Å². The Hall–Kier alpha value is -2.02. The average molecular weight is 335 g/mol. The van der Waals surface area contributed by atoms with E-state index in [0.717, 1.165) is 30.6 Å². The minimum atomic E-state index is -3.64. The smallest absolute Gasteiger partial charge is 0.267 e. The normalized spacial score (nSPS) is 15.2. The summed E-state index contributed by atoms with van der Waals surface area (Å²) in [5.74, 6) is 0.743. The van der Waals surface area contributed by atoms with Crippen LogP contribution in [0.5, 0.6) is 5.75 Å². The molecule has 0 radical (unpaired) electrons. The molecule has 0 bridgehead atoms. The van der Waals surface area contributed by atoms with Gasteiger partial charge in [0.05, 0.1) is 18.5 Å². The predicted octanol–water partition coefficient (Wildman–Crippen LogP) is 2.27. The molecule has 0 N–H and O–H groups in total. The summed E-state index contributed by atoms with van der Waals surface area (Å²) in [5, 5.41) is 4.17. The molecule has 7 heteroatoms. The van der Waals surface area contributed by atoms with Crippen LogP contribution < -0.4 is 9.04 Å². The summed E-state index contributed by atoms with van der Waals surface area (Å²) in [6.07, 6.45) is 4.13. The highest BCUT2D eigenvalue weighted by Crippen LogP contribution is 2.36. The SMILES string of the molecule is COc1cccc2c1CCCCN2S(=O)(=O)c1cn(C)nc1C. The standard InChI is InChI=1S/C16H21N3O3S/c1-12-16(11-18(2)17-12)23(20,21)19-10-5-4-7-13-14(19)8-6-9-15(13)22-3/h6,8-9,11H,4-5,7,10H2,1-3H3. The van der Waals surface area contributed by atoms with Gasteiger partial charge in [-0.05, 0) is 38.3 Å². The van der Waals surface area contributed by atoms with Crippen molar-refractivity contribution >= 4 is 15.7 Å². The number of hydrogen-bond acceptors (Lipinski definition) is 4. The van der Waals surface area contributed by atoms with Gasteiger partial charge in [-0.15, -0.1) is 0 Å². The van der Waals surface area contributed by atoms with Crippen LogP contribution in [0.15, 0.2) is 29.3 Å². The molecule has 1 aromatic heterocycles. The molecule has 0 amide bonds. The van der Waals surface area contributed by atoms with Crippen LogP contribution in [0.25, 0.3) is 0 Å². The van der Waals surface area contributed by atoms with Crippen molar-refractivity contribution in [2.75, 3.05) is 18.0 Å². The van der Waals surface area contributed by atoms with Crippen LogP contribution in [0.3, 0.4) is 0 Å². The number of aromatic nitrogens is 2.